The lowest BCUT2D eigenvalue weighted by atomic mass is 10.2. The molecular weight excluding hydrogens is 488 g/mol. The van der Waals surface area contributed by atoms with Crippen LogP contribution in [0.25, 0.3) is 0 Å². The van der Waals surface area contributed by atoms with Gasteiger partial charge in [0.05, 0.1) is 15.8 Å². The predicted octanol–water partition coefficient (Wildman–Crippen LogP) is 3.70. The van der Waals surface area contributed by atoms with Gasteiger partial charge in [0, 0.05) is 6.20 Å². The van der Waals surface area contributed by atoms with Crippen molar-refractivity contribution in [3.63, 3.8) is 0 Å². The van der Waals surface area contributed by atoms with Crippen LogP contribution in [0.3, 0.4) is 0 Å². The highest BCUT2D eigenvalue weighted by Crippen LogP contribution is 2.46. The minimum atomic E-state index is -3.98. The summed E-state index contributed by atoms with van der Waals surface area (Å²) < 4.78 is 59.7. The number of primary sulfonamides is 1. The number of hydrogen-bond donors (Lipinski definition) is 3. The number of rotatable bonds is 5. The number of halogens is 3. The largest absolute Gasteiger partial charge is 0.586 e. The summed E-state index contributed by atoms with van der Waals surface area (Å²) in [6.07, 6.45) is -2.38. The average Bonchev–Trinajstić information content (AvgIpc) is 2.99. The lowest BCUT2D eigenvalue weighted by Crippen LogP contribution is -2.26. The van der Waals surface area contributed by atoms with Crippen molar-refractivity contribution in [2.24, 2.45) is 5.14 Å². The van der Waals surface area contributed by atoms with Crippen molar-refractivity contribution in [3.05, 3.63) is 53.1 Å². The minimum Gasteiger partial charge on any atom is -0.395 e. The first-order valence-electron chi connectivity index (χ1n) is 8.20. The second-order valence-corrected chi connectivity index (χ2v) is 8.37. The smallest absolute Gasteiger partial charge is 0.395 e. The Bertz CT molecular complexity index is 1240. The standard InChI is InChI=1S/C17H12BrF2N5O4S/c18-9-8-22-16(24-11-5-3-6-12-14(11)29-17(19,20)28-12)25-15(9)23-10-4-1-2-7-13(10)30(21,26)27/h1-8H,(H2,21,26,27)(H2,22,23,24,25). The van der Waals surface area contributed by atoms with Crippen LogP contribution >= 0.6 is 15.9 Å². The zero-order valence-corrected chi connectivity index (χ0v) is 17.2. The van der Waals surface area contributed by atoms with Gasteiger partial charge in [-0.05, 0) is 40.2 Å². The van der Waals surface area contributed by atoms with Crippen LogP contribution in [0.2, 0.25) is 0 Å². The molecule has 4 N–H and O–H groups in total. The molecule has 0 aliphatic carbocycles. The number of ether oxygens (including phenoxy) is 2. The van der Waals surface area contributed by atoms with Gasteiger partial charge in [-0.25, -0.2) is 18.5 Å². The van der Waals surface area contributed by atoms with Gasteiger partial charge in [-0.15, -0.1) is 8.78 Å². The van der Waals surface area contributed by atoms with Gasteiger partial charge in [-0.2, -0.15) is 4.98 Å². The molecule has 4 rings (SSSR count). The average molecular weight is 500 g/mol. The van der Waals surface area contributed by atoms with Gasteiger partial charge < -0.3 is 20.1 Å². The Kier molecular flexibility index (Phi) is 4.95. The maximum Gasteiger partial charge on any atom is 0.586 e. The zero-order valence-electron chi connectivity index (χ0n) is 14.8. The predicted molar refractivity (Wildman–Crippen MR) is 107 cm³/mol. The van der Waals surface area contributed by atoms with Crippen LogP contribution in [0.5, 0.6) is 11.5 Å². The number of fused-ring (bicyclic) bond motifs is 1. The van der Waals surface area contributed by atoms with Gasteiger partial charge in [0.1, 0.15) is 10.7 Å². The third kappa shape index (κ3) is 4.13. The molecule has 13 heteroatoms. The van der Waals surface area contributed by atoms with E-state index < -0.39 is 16.3 Å². The van der Waals surface area contributed by atoms with Crippen molar-refractivity contribution in [3.8, 4) is 11.5 Å². The quantitative estimate of drug-likeness (QED) is 0.484. The van der Waals surface area contributed by atoms with Crippen LogP contribution in [-0.2, 0) is 10.0 Å². The summed E-state index contributed by atoms with van der Waals surface area (Å²) in [6, 6.07) is 10.3. The number of nitrogens with two attached hydrogens (primary N) is 1. The van der Waals surface area contributed by atoms with E-state index >= 15 is 0 Å². The summed E-state index contributed by atoms with van der Waals surface area (Å²) in [5.41, 5.74) is 0.352. The highest BCUT2D eigenvalue weighted by atomic mass is 79.9. The Labute approximate surface area is 177 Å². The third-order valence-electron chi connectivity index (χ3n) is 3.87. The Morgan fingerprint density at radius 1 is 1.03 bits per heavy atom. The van der Waals surface area contributed by atoms with Gasteiger partial charge in [-0.3, -0.25) is 0 Å². The molecule has 0 bridgehead atoms. The minimum absolute atomic E-state index is 0.0287. The molecule has 0 spiro atoms. The molecule has 2 aromatic carbocycles. The number of anilines is 4. The number of hydrogen-bond acceptors (Lipinski definition) is 8. The molecule has 3 aromatic rings. The van der Waals surface area contributed by atoms with Gasteiger partial charge in [0.2, 0.25) is 16.0 Å². The molecule has 30 heavy (non-hydrogen) atoms. The number of aromatic nitrogens is 2. The van der Waals surface area contributed by atoms with Crippen molar-refractivity contribution >= 4 is 49.1 Å². The Balaban J connectivity index is 1.65. The number of nitrogens with one attached hydrogen (secondary N) is 2. The molecule has 2 heterocycles. The molecule has 0 atom stereocenters. The first kappa shape index (κ1) is 20.3. The fourth-order valence-electron chi connectivity index (χ4n) is 2.65. The van der Waals surface area contributed by atoms with Crippen LogP contribution in [-0.4, -0.2) is 24.7 Å². The molecule has 0 radical (unpaired) electrons. The fraction of sp³-hybridized carbons (Fsp3) is 0.0588. The van der Waals surface area contributed by atoms with E-state index in [0.29, 0.717) is 4.47 Å². The van der Waals surface area contributed by atoms with E-state index in [0.717, 1.165) is 0 Å². The number of benzene rings is 2. The topological polar surface area (TPSA) is 128 Å². The number of nitrogens with zero attached hydrogens (tertiary/aromatic N) is 2. The van der Waals surface area contributed by atoms with E-state index in [1.807, 2.05) is 0 Å². The third-order valence-corrected chi connectivity index (χ3v) is 5.42. The Morgan fingerprint density at radius 2 is 1.77 bits per heavy atom. The molecule has 0 saturated carbocycles. The first-order chi connectivity index (χ1) is 14.1. The van der Waals surface area contributed by atoms with Crippen molar-refractivity contribution in [1.82, 2.24) is 9.97 Å². The summed E-state index contributed by atoms with van der Waals surface area (Å²) >= 11 is 3.27. The van der Waals surface area contributed by atoms with Gasteiger partial charge in [0.15, 0.2) is 11.5 Å². The summed E-state index contributed by atoms with van der Waals surface area (Å²) in [6.45, 7) is 0. The highest BCUT2D eigenvalue weighted by Gasteiger charge is 2.44. The van der Waals surface area contributed by atoms with Crippen LogP contribution in [0.4, 0.5) is 31.9 Å². The van der Waals surface area contributed by atoms with E-state index in [9.17, 15) is 17.2 Å². The van der Waals surface area contributed by atoms with Crippen molar-refractivity contribution in [1.29, 1.82) is 0 Å². The molecule has 1 aromatic heterocycles. The maximum absolute atomic E-state index is 13.4. The highest BCUT2D eigenvalue weighted by molar-refractivity contribution is 9.10. The lowest BCUT2D eigenvalue weighted by molar-refractivity contribution is -0.286. The maximum atomic E-state index is 13.4. The van der Waals surface area contributed by atoms with Gasteiger partial charge in [-0.1, -0.05) is 18.2 Å². The normalized spacial score (nSPS) is 14.4. The first-order valence-corrected chi connectivity index (χ1v) is 10.5. The zero-order chi connectivity index (χ0) is 21.5. The Hall–Kier alpha value is -3.03. The van der Waals surface area contributed by atoms with Gasteiger partial charge >= 0.3 is 6.29 Å². The van der Waals surface area contributed by atoms with E-state index in [4.69, 9.17) is 5.14 Å². The number of alkyl halides is 2. The van der Waals surface area contributed by atoms with E-state index in [1.54, 1.807) is 6.07 Å². The van der Waals surface area contributed by atoms with Crippen LogP contribution in [0.1, 0.15) is 0 Å². The van der Waals surface area contributed by atoms with Crippen molar-refractivity contribution in [2.45, 2.75) is 11.2 Å². The fourth-order valence-corrected chi connectivity index (χ4v) is 3.63. The molecule has 9 nitrogen and oxygen atoms in total. The molecule has 0 unspecified atom stereocenters. The number of sulfonamides is 1. The molecule has 1 aliphatic rings. The SMILES string of the molecule is NS(=O)(=O)c1ccccc1Nc1nc(Nc2cccc3c2OC(F)(F)O3)ncc1Br. The molecule has 0 fully saturated rings. The molecule has 156 valence electrons. The van der Waals surface area contributed by atoms with E-state index in [1.165, 1.54) is 42.6 Å². The van der Waals surface area contributed by atoms with Crippen LogP contribution in [0.15, 0.2) is 58.0 Å². The van der Waals surface area contributed by atoms with Crippen LogP contribution < -0.4 is 25.2 Å². The summed E-state index contributed by atoms with van der Waals surface area (Å²) in [7, 11) is -3.98. The monoisotopic (exact) mass is 499 g/mol. The van der Waals surface area contributed by atoms with Crippen LogP contribution in [0, 0.1) is 0 Å². The second kappa shape index (κ2) is 7.34. The van der Waals surface area contributed by atoms with Crippen molar-refractivity contribution < 1.29 is 26.7 Å². The van der Waals surface area contributed by atoms with Crippen molar-refractivity contribution in [2.75, 3.05) is 10.6 Å². The van der Waals surface area contributed by atoms with Gasteiger partial charge in [0.25, 0.3) is 0 Å². The molecule has 0 saturated heterocycles. The van der Waals surface area contributed by atoms with E-state index in [2.05, 4.69) is 46.0 Å². The van der Waals surface area contributed by atoms with E-state index in [-0.39, 0.29) is 39.5 Å². The molecule has 0 amide bonds. The lowest BCUT2D eigenvalue weighted by Gasteiger charge is -2.13. The summed E-state index contributed by atoms with van der Waals surface area (Å²) in [4.78, 5) is 8.19. The summed E-state index contributed by atoms with van der Waals surface area (Å²) in [5, 5.41) is 10.9. The second-order valence-electron chi connectivity index (χ2n) is 5.98. The number of para-hydroxylation sites is 2. The molecular formula is C17H12BrF2N5O4S. The molecule has 1 aliphatic heterocycles. The Morgan fingerprint density at radius 3 is 2.53 bits per heavy atom. The summed E-state index contributed by atoms with van der Waals surface area (Å²) in [5.74, 6) is -0.0923.